The number of carboxylic acid groups (broad SMARTS) is 1. The lowest BCUT2D eigenvalue weighted by Gasteiger charge is -2.05. The Morgan fingerprint density at radius 3 is 2.53 bits per heavy atom. The Bertz CT molecular complexity index is 535. The Kier molecular flexibility index (Phi) is 3.19. The quantitative estimate of drug-likeness (QED) is 0.817. The van der Waals surface area contributed by atoms with Gasteiger partial charge in [0.1, 0.15) is 0 Å². The smallest absolute Gasteiger partial charge is 0.335 e. The first-order chi connectivity index (χ1) is 8.18. The van der Waals surface area contributed by atoms with E-state index in [-0.39, 0.29) is 0 Å². The van der Waals surface area contributed by atoms with E-state index in [9.17, 15) is 4.79 Å². The van der Waals surface area contributed by atoms with Crippen molar-refractivity contribution in [2.75, 3.05) is 0 Å². The van der Waals surface area contributed by atoms with Crippen molar-refractivity contribution in [1.29, 1.82) is 0 Å². The van der Waals surface area contributed by atoms with Gasteiger partial charge >= 0.3 is 5.97 Å². The Balaban J connectivity index is 2.34. The number of carboxylic acids is 1. The number of rotatable bonds is 3. The van der Waals surface area contributed by atoms with Crippen molar-refractivity contribution in [1.82, 2.24) is 0 Å². The number of aromatic nitrogens is 1. The number of carbonyl (C=O) groups is 1. The van der Waals surface area contributed by atoms with E-state index < -0.39 is 5.97 Å². The molecule has 0 spiro atoms. The van der Waals surface area contributed by atoms with Gasteiger partial charge < -0.3 is 5.11 Å². The summed E-state index contributed by atoms with van der Waals surface area (Å²) in [5, 5.41) is 9.05. The second-order valence-corrected chi connectivity index (χ2v) is 3.94. The molecule has 2 aromatic rings. The minimum atomic E-state index is -0.873. The number of benzene rings is 1. The van der Waals surface area contributed by atoms with Crippen molar-refractivity contribution < 1.29 is 14.5 Å². The van der Waals surface area contributed by atoms with E-state index in [1.165, 1.54) is 0 Å². The van der Waals surface area contributed by atoms with Crippen LogP contribution in [0.5, 0.6) is 0 Å². The number of pyridine rings is 1. The van der Waals surface area contributed by atoms with Gasteiger partial charge in [0.25, 0.3) is 0 Å². The van der Waals surface area contributed by atoms with Crippen LogP contribution in [0.3, 0.4) is 0 Å². The topological polar surface area (TPSA) is 41.2 Å². The fourth-order valence-electron chi connectivity index (χ4n) is 1.82. The van der Waals surface area contributed by atoms with Crippen LogP contribution in [0.1, 0.15) is 21.5 Å². The molecule has 1 aromatic heterocycles. The third-order valence-electron chi connectivity index (χ3n) is 2.81. The summed E-state index contributed by atoms with van der Waals surface area (Å²) >= 11 is 0. The maximum atomic E-state index is 11.0. The molecule has 0 unspecified atom stereocenters. The zero-order chi connectivity index (χ0) is 12.3. The first-order valence-corrected chi connectivity index (χ1v) is 5.44. The standard InChI is InChI=1S/C14H13NO2/c1-11-12(6-5-7-13(11)14(16)17)10-15-8-3-2-4-9-15/h2-9H,10H2,1H3/p+1. The monoisotopic (exact) mass is 228 g/mol. The third-order valence-corrected chi connectivity index (χ3v) is 2.81. The molecule has 0 fully saturated rings. The molecule has 86 valence electrons. The van der Waals surface area contributed by atoms with Gasteiger partial charge in [0.2, 0.25) is 0 Å². The molecule has 2 rings (SSSR count). The molecule has 3 nitrogen and oxygen atoms in total. The second kappa shape index (κ2) is 4.78. The van der Waals surface area contributed by atoms with Gasteiger partial charge in [-0.2, -0.15) is 0 Å². The van der Waals surface area contributed by atoms with Crippen LogP contribution in [0.15, 0.2) is 48.8 Å². The van der Waals surface area contributed by atoms with Gasteiger partial charge in [-0.25, -0.2) is 9.36 Å². The molecule has 0 bridgehead atoms. The van der Waals surface area contributed by atoms with E-state index in [4.69, 9.17) is 5.11 Å². The number of hydrogen-bond acceptors (Lipinski definition) is 1. The van der Waals surface area contributed by atoms with Crippen LogP contribution < -0.4 is 4.57 Å². The van der Waals surface area contributed by atoms with Gasteiger partial charge in [0.05, 0.1) is 5.56 Å². The molecular weight excluding hydrogens is 214 g/mol. The lowest BCUT2D eigenvalue weighted by atomic mass is 10.0. The summed E-state index contributed by atoms with van der Waals surface area (Å²) in [5.41, 5.74) is 2.23. The fourth-order valence-corrected chi connectivity index (χ4v) is 1.82. The van der Waals surface area contributed by atoms with Crippen molar-refractivity contribution >= 4 is 5.97 Å². The minimum Gasteiger partial charge on any atom is -0.478 e. The van der Waals surface area contributed by atoms with Gasteiger partial charge in [-0.15, -0.1) is 0 Å². The molecule has 1 N–H and O–H groups in total. The van der Waals surface area contributed by atoms with Crippen LogP contribution in [-0.2, 0) is 6.54 Å². The summed E-state index contributed by atoms with van der Waals surface area (Å²) in [7, 11) is 0. The maximum absolute atomic E-state index is 11.0. The van der Waals surface area contributed by atoms with E-state index in [2.05, 4.69) is 0 Å². The second-order valence-electron chi connectivity index (χ2n) is 3.94. The first kappa shape index (κ1) is 11.3. The predicted octanol–water partition coefficient (Wildman–Crippen LogP) is 2.03. The molecule has 0 saturated carbocycles. The van der Waals surface area contributed by atoms with E-state index in [1.807, 2.05) is 48.1 Å². The molecule has 0 atom stereocenters. The van der Waals surface area contributed by atoms with Crippen LogP contribution in [0.2, 0.25) is 0 Å². The summed E-state index contributed by atoms with van der Waals surface area (Å²) < 4.78 is 2.02. The van der Waals surface area contributed by atoms with E-state index >= 15 is 0 Å². The molecule has 3 heteroatoms. The van der Waals surface area contributed by atoms with E-state index in [1.54, 1.807) is 12.1 Å². The molecule has 1 heterocycles. The molecular formula is C14H14NO2+. The van der Waals surface area contributed by atoms with Crippen LogP contribution >= 0.6 is 0 Å². The van der Waals surface area contributed by atoms with Gasteiger partial charge in [0, 0.05) is 17.7 Å². The van der Waals surface area contributed by atoms with E-state index in [0.717, 1.165) is 11.1 Å². The van der Waals surface area contributed by atoms with Gasteiger partial charge in [0.15, 0.2) is 18.9 Å². The van der Waals surface area contributed by atoms with Gasteiger partial charge in [-0.3, -0.25) is 0 Å². The summed E-state index contributed by atoms with van der Waals surface area (Å²) in [6.07, 6.45) is 3.93. The summed E-state index contributed by atoms with van der Waals surface area (Å²) in [6.45, 7) is 2.54. The molecule has 0 aliphatic rings. The Hall–Kier alpha value is -2.16. The molecule has 0 aliphatic heterocycles. The molecule has 17 heavy (non-hydrogen) atoms. The van der Waals surface area contributed by atoms with Crippen LogP contribution in [-0.4, -0.2) is 11.1 Å². The number of nitrogens with zero attached hydrogens (tertiary/aromatic N) is 1. The van der Waals surface area contributed by atoms with Gasteiger partial charge in [-0.05, 0) is 18.6 Å². The predicted molar refractivity (Wildman–Crippen MR) is 63.9 cm³/mol. The highest BCUT2D eigenvalue weighted by Gasteiger charge is 2.12. The van der Waals surface area contributed by atoms with Crippen molar-refractivity contribution in [3.8, 4) is 0 Å². The van der Waals surface area contributed by atoms with Crippen LogP contribution in [0.4, 0.5) is 0 Å². The SMILES string of the molecule is Cc1c(C[n+]2ccccc2)cccc1C(=O)O. The lowest BCUT2D eigenvalue weighted by molar-refractivity contribution is -0.688. The van der Waals surface area contributed by atoms with Crippen molar-refractivity contribution in [2.24, 2.45) is 0 Å². The number of aromatic carboxylic acids is 1. The average molecular weight is 228 g/mol. The van der Waals surface area contributed by atoms with Crippen molar-refractivity contribution in [2.45, 2.75) is 13.5 Å². The zero-order valence-corrected chi connectivity index (χ0v) is 9.63. The zero-order valence-electron chi connectivity index (χ0n) is 9.63. The highest BCUT2D eigenvalue weighted by atomic mass is 16.4. The lowest BCUT2D eigenvalue weighted by Crippen LogP contribution is -2.33. The summed E-state index contributed by atoms with van der Waals surface area (Å²) in [5.74, 6) is -0.873. The molecule has 0 saturated heterocycles. The Morgan fingerprint density at radius 2 is 1.88 bits per heavy atom. The molecule has 0 aliphatic carbocycles. The van der Waals surface area contributed by atoms with Crippen LogP contribution in [0.25, 0.3) is 0 Å². The highest BCUT2D eigenvalue weighted by Crippen LogP contribution is 2.13. The van der Waals surface area contributed by atoms with Gasteiger partial charge in [-0.1, -0.05) is 18.2 Å². The highest BCUT2D eigenvalue weighted by molar-refractivity contribution is 5.89. The minimum absolute atomic E-state index is 0.374. The molecule has 1 aromatic carbocycles. The molecule has 0 amide bonds. The largest absolute Gasteiger partial charge is 0.478 e. The summed E-state index contributed by atoms with van der Waals surface area (Å²) in [4.78, 5) is 11.0. The Labute approximate surface area is 100.0 Å². The number of hydrogen-bond donors (Lipinski definition) is 1. The van der Waals surface area contributed by atoms with Crippen LogP contribution in [0, 0.1) is 6.92 Å². The van der Waals surface area contributed by atoms with Crippen molar-refractivity contribution in [3.63, 3.8) is 0 Å². The average Bonchev–Trinajstić information content (AvgIpc) is 2.33. The van der Waals surface area contributed by atoms with Crippen molar-refractivity contribution in [3.05, 3.63) is 65.5 Å². The Morgan fingerprint density at radius 1 is 1.18 bits per heavy atom. The van der Waals surface area contributed by atoms with E-state index in [0.29, 0.717) is 12.1 Å². The third kappa shape index (κ3) is 2.50. The molecule has 0 radical (unpaired) electrons. The first-order valence-electron chi connectivity index (χ1n) is 5.44. The maximum Gasteiger partial charge on any atom is 0.335 e. The summed E-state index contributed by atoms with van der Waals surface area (Å²) in [6, 6.07) is 11.2. The fraction of sp³-hybridized carbons (Fsp3) is 0.143. The normalized spacial score (nSPS) is 10.2.